The number of aromatic nitrogens is 2. The van der Waals surface area contributed by atoms with E-state index in [-0.39, 0.29) is 0 Å². The maximum absolute atomic E-state index is 4.33. The predicted molar refractivity (Wildman–Crippen MR) is 73.9 cm³/mol. The molecule has 0 saturated heterocycles. The lowest BCUT2D eigenvalue weighted by Gasteiger charge is -2.17. The first-order valence-corrected chi connectivity index (χ1v) is 6.50. The minimum Gasteiger partial charge on any atom is -0.314 e. The van der Waals surface area contributed by atoms with Gasteiger partial charge < -0.3 is 4.90 Å². The zero-order valence-electron chi connectivity index (χ0n) is 9.89. The van der Waals surface area contributed by atoms with Crippen LogP contribution < -0.4 is 4.90 Å². The van der Waals surface area contributed by atoms with Crippen LogP contribution in [0.15, 0.2) is 36.7 Å². The Morgan fingerprint density at radius 2 is 1.71 bits per heavy atom. The van der Waals surface area contributed by atoms with Crippen molar-refractivity contribution in [1.82, 2.24) is 9.97 Å². The van der Waals surface area contributed by atoms with Gasteiger partial charge in [-0.3, -0.25) is 0 Å². The van der Waals surface area contributed by atoms with Gasteiger partial charge in [-0.05, 0) is 24.6 Å². The van der Waals surface area contributed by atoms with E-state index >= 15 is 0 Å². The molecule has 0 unspecified atom stereocenters. The highest BCUT2D eigenvalue weighted by atomic mass is 79.9. The van der Waals surface area contributed by atoms with Crippen LogP contribution in [0, 0.1) is 6.92 Å². The van der Waals surface area contributed by atoms with E-state index in [2.05, 4.69) is 57.1 Å². The number of nitrogens with zero attached hydrogens (tertiary/aromatic N) is 3. The van der Waals surface area contributed by atoms with Crippen molar-refractivity contribution in [1.29, 1.82) is 0 Å². The molecule has 0 atom stereocenters. The van der Waals surface area contributed by atoms with Gasteiger partial charge in [0.2, 0.25) is 5.95 Å². The molecule has 0 bridgehead atoms. The van der Waals surface area contributed by atoms with Crippen LogP contribution in [0.2, 0.25) is 0 Å². The third-order valence-corrected chi connectivity index (χ3v) is 3.21. The second-order valence-electron chi connectivity index (χ2n) is 3.92. The Balaban J connectivity index is 2.23. The second kappa shape index (κ2) is 5.27. The molecule has 3 nitrogen and oxygen atoms in total. The van der Waals surface area contributed by atoms with Crippen molar-refractivity contribution < 1.29 is 0 Å². The normalized spacial score (nSPS) is 10.3. The van der Waals surface area contributed by atoms with E-state index in [0.29, 0.717) is 5.95 Å². The fourth-order valence-electron chi connectivity index (χ4n) is 1.47. The van der Waals surface area contributed by atoms with Gasteiger partial charge in [0, 0.05) is 30.5 Å². The van der Waals surface area contributed by atoms with Crippen LogP contribution >= 0.6 is 15.9 Å². The molecule has 0 aliphatic carbocycles. The zero-order valence-corrected chi connectivity index (χ0v) is 11.5. The molecule has 0 fully saturated rings. The number of alkyl halides is 1. The van der Waals surface area contributed by atoms with Crippen molar-refractivity contribution in [2.24, 2.45) is 0 Å². The number of benzene rings is 1. The van der Waals surface area contributed by atoms with Crippen molar-refractivity contribution in [3.05, 3.63) is 47.8 Å². The van der Waals surface area contributed by atoms with E-state index in [4.69, 9.17) is 0 Å². The van der Waals surface area contributed by atoms with Crippen molar-refractivity contribution in [3.63, 3.8) is 0 Å². The lowest BCUT2D eigenvalue weighted by Crippen LogP contribution is -2.12. The molecule has 2 aromatic rings. The van der Waals surface area contributed by atoms with Gasteiger partial charge >= 0.3 is 0 Å². The summed E-state index contributed by atoms with van der Waals surface area (Å²) in [5.74, 6) is 0.707. The highest BCUT2D eigenvalue weighted by Crippen LogP contribution is 2.20. The van der Waals surface area contributed by atoms with E-state index in [1.165, 1.54) is 5.56 Å². The first-order chi connectivity index (χ1) is 8.20. The van der Waals surface area contributed by atoms with Crippen LogP contribution in [0.1, 0.15) is 11.1 Å². The van der Waals surface area contributed by atoms with Gasteiger partial charge in [-0.1, -0.05) is 33.6 Å². The summed E-state index contributed by atoms with van der Waals surface area (Å²) in [5, 5.41) is 0.779. The number of hydrogen-bond acceptors (Lipinski definition) is 3. The molecule has 4 heteroatoms. The van der Waals surface area contributed by atoms with Gasteiger partial charge in [0.1, 0.15) is 0 Å². The fraction of sp³-hybridized carbons (Fsp3) is 0.231. The third kappa shape index (κ3) is 2.82. The monoisotopic (exact) mass is 291 g/mol. The molecule has 0 N–H and O–H groups in total. The number of halogens is 1. The fourth-order valence-corrected chi connectivity index (χ4v) is 1.76. The molecular formula is C13H14BrN3. The van der Waals surface area contributed by atoms with Gasteiger partial charge in [0.05, 0.1) is 0 Å². The lowest BCUT2D eigenvalue weighted by molar-refractivity contribution is 1.03. The van der Waals surface area contributed by atoms with Crippen molar-refractivity contribution >= 4 is 27.6 Å². The van der Waals surface area contributed by atoms with Gasteiger partial charge in [0.15, 0.2) is 0 Å². The van der Waals surface area contributed by atoms with Crippen molar-refractivity contribution in [3.8, 4) is 0 Å². The highest BCUT2D eigenvalue weighted by molar-refractivity contribution is 9.08. The minimum atomic E-state index is 0.707. The average molecular weight is 292 g/mol. The quantitative estimate of drug-likeness (QED) is 0.811. The summed E-state index contributed by atoms with van der Waals surface area (Å²) in [7, 11) is 1.97. The minimum absolute atomic E-state index is 0.707. The molecule has 0 radical (unpaired) electrons. The summed E-state index contributed by atoms with van der Waals surface area (Å²) in [6.45, 7) is 2.07. The van der Waals surface area contributed by atoms with Gasteiger partial charge in [-0.2, -0.15) is 0 Å². The van der Waals surface area contributed by atoms with Crippen LogP contribution in [0.3, 0.4) is 0 Å². The SMILES string of the molecule is Cc1ccc(N(C)c2ncc(CBr)cn2)cc1. The van der Waals surface area contributed by atoms with E-state index in [0.717, 1.165) is 16.6 Å². The van der Waals surface area contributed by atoms with Crippen LogP contribution in [0.25, 0.3) is 0 Å². The molecule has 88 valence electrons. The largest absolute Gasteiger partial charge is 0.314 e. The van der Waals surface area contributed by atoms with Crippen LogP contribution in [-0.4, -0.2) is 17.0 Å². The van der Waals surface area contributed by atoms with E-state index in [1.54, 1.807) is 0 Å². The molecule has 0 saturated carbocycles. The smallest absolute Gasteiger partial charge is 0.229 e. The summed E-state index contributed by atoms with van der Waals surface area (Å²) in [4.78, 5) is 10.6. The number of anilines is 2. The Kier molecular flexibility index (Phi) is 3.74. The highest BCUT2D eigenvalue weighted by Gasteiger charge is 2.06. The lowest BCUT2D eigenvalue weighted by atomic mass is 10.2. The molecule has 0 aliphatic rings. The van der Waals surface area contributed by atoms with Crippen molar-refractivity contribution in [2.45, 2.75) is 12.3 Å². The van der Waals surface area contributed by atoms with Gasteiger partial charge in [-0.15, -0.1) is 0 Å². The predicted octanol–water partition coefficient (Wildman–Crippen LogP) is 3.45. The average Bonchev–Trinajstić information content (AvgIpc) is 2.39. The molecule has 0 amide bonds. The Morgan fingerprint density at radius 1 is 1.12 bits per heavy atom. The summed E-state index contributed by atoms with van der Waals surface area (Å²) in [5.41, 5.74) is 3.41. The van der Waals surface area contributed by atoms with Crippen LogP contribution in [-0.2, 0) is 5.33 Å². The number of hydrogen-bond donors (Lipinski definition) is 0. The number of rotatable bonds is 3. The summed E-state index contributed by atoms with van der Waals surface area (Å²) >= 11 is 3.38. The standard InChI is InChI=1S/C13H14BrN3/c1-10-3-5-12(6-4-10)17(2)13-15-8-11(7-14)9-16-13/h3-6,8-9H,7H2,1-2H3. The Hall–Kier alpha value is -1.42. The third-order valence-electron chi connectivity index (χ3n) is 2.57. The zero-order chi connectivity index (χ0) is 12.3. The summed E-state index contributed by atoms with van der Waals surface area (Å²) in [6.07, 6.45) is 3.67. The van der Waals surface area contributed by atoms with Crippen LogP contribution in [0.5, 0.6) is 0 Å². The van der Waals surface area contributed by atoms with Crippen molar-refractivity contribution in [2.75, 3.05) is 11.9 Å². The summed E-state index contributed by atoms with van der Waals surface area (Å²) < 4.78 is 0. The first-order valence-electron chi connectivity index (χ1n) is 5.38. The second-order valence-corrected chi connectivity index (χ2v) is 4.48. The van der Waals surface area contributed by atoms with Gasteiger partial charge in [0.25, 0.3) is 0 Å². The Morgan fingerprint density at radius 3 is 2.24 bits per heavy atom. The molecule has 0 spiro atoms. The molecule has 1 aromatic heterocycles. The molecular weight excluding hydrogens is 278 g/mol. The van der Waals surface area contributed by atoms with E-state index < -0.39 is 0 Å². The molecule has 0 aliphatic heterocycles. The maximum Gasteiger partial charge on any atom is 0.229 e. The molecule has 17 heavy (non-hydrogen) atoms. The topological polar surface area (TPSA) is 29.0 Å². The maximum atomic E-state index is 4.33. The summed E-state index contributed by atoms with van der Waals surface area (Å²) in [6, 6.07) is 8.30. The Bertz CT molecular complexity index is 479. The molecule has 1 heterocycles. The first kappa shape index (κ1) is 12.0. The number of aryl methyl sites for hydroxylation is 1. The molecule has 2 rings (SSSR count). The Labute approximate surface area is 110 Å². The van der Waals surface area contributed by atoms with Crippen LogP contribution in [0.4, 0.5) is 11.6 Å². The molecule has 1 aromatic carbocycles. The van der Waals surface area contributed by atoms with E-state index in [1.807, 2.05) is 24.3 Å². The van der Waals surface area contributed by atoms with Gasteiger partial charge in [-0.25, -0.2) is 9.97 Å². The van der Waals surface area contributed by atoms with E-state index in [9.17, 15) is 0 Å².